The molecule has 0 aliphatic carbocycles. The maximum absolute atomic E-state index is 11.1. The Morgan fingerprint density at radius 3 is 2.90 bits per heavy atom. The minimum absolute atomic E-state index is 0.0444. The van der Waals surface area contributed by atoms with Crippen molar-refractivity contribution in [3.63, 3.8) is 0 Å². The van der Waals surface area contributed by atoms with Crippen molar-refractivity contribution in [1.82, 2.24) is 25.1 Å². The van der Waals surface area contributed by atoms with Crippen LogP contribution in [-0.2, 0) is 4.79 Å². The molecule has 20 heavy (non-hydrogen) atoms. The van der Waals surface area contributed by atoms with Crippen LogP contribution < -0.4 is 10.6 Å². The van der Waals surface area contributed by atoms with Crippen molar-refractivity contribution in [2.75, 3.05) is 18.4 Å². The Morgan fingerprint density at radius 2 is 2.20 bits per heavy atom. The third kappa shape index (κ3) is 3.78. The van der Waals surface area contributed by atoms with E-state index in [9.17, 15) is 4.79 Å². The monoisotopic (exact) mass is 274 g/mol. The number of anilines is 1. The van der Waals surface area contributed by atoms with Crippen LogP contribution in [0.3, 0.4) is 0 Å². The SMILES string of the molecule is CCC(=O)NCCNc1cc(-n2cccn2)nc(C)n1. The highest BCUT2D eigenvalue weighted by atomic mass is 16.1. The molecular formula is C13H18N6O. The van der Waals surface area contributed by atoms with Gasteiger partial charge in [-0.2, -0.15) is 5.10 Å². The van der Waals surface area contributed by atoms with E-state index in [0.29, 0.717) is 37.0 Å². The van der Waals surface area contributed by atoms with E-state index in [-0.39, 0.29) is 5.91 Å². The average Bonchev–Trinajstić information content (AvgIpc) is 2.97. The van der Waals surface area contributed by atoms with E-state index in [1.807, 2.05) is 32.2 Å². The largest absolute Gasteiger partial charge is 0.368 e. The molecule has 0 atom stereocenters. The minimum Gasteiger partial charge on any atom is -0.368 e. The van der Waals surface area contributed by atoms with Gasteiger partial charge in [-0.1, -0.05) is 6.92 Å². The second kappa shape index (κ2) is 6.65. The van der Waals surface area contributed by atoms with Crippen LogP contribution >= 0.6 is 0 Å². The zero-order chi connectivity index (χ0) is 14.4. The molecule has 2 heterocycles. The third-order valence-electron chi connectivity index (χ3n) is 2.64. The van der Waals surface area contributed by atoms with Crippen molar-refractivity contribution in [3.8, 4) is 5.82 Å². The van der Waals surface area contributed by atoms with Crippen molar-refractivity contribution in [2.45, 2.75) is 20.3 Å². The molecule has 7 nitrogen and oxygen atoms in total. The van der Waals surface area contributed by atoms with Crippen LogP contribution in [0.1, 0.15) is 19.2 Å². The van der Waals surface area contributed by atoms with Gasteiger partial charge in [0.1, 0.15) is 11.6 Å². The molecule has 0 radical (unpaired) electrons. The quantitative estimate of drug-likeness (QED) is 0.765. The molecule has 2 aromatic heterocycles. The van der Waals surface area contributed by atoms with E-state index < -0.39 is 0 Å². The highest BCUT2D eigenvalue weighted by molar-refractivity contribution is 5.75. The molecule has 0 bridgehead atoms. The summed E-state index contributed by atoms with van der Waals surface area (Å²) in [5, 5.41) is 10.1. The molecule has 106 valence electrons. The number of carbonyl (C=O) groups excluding carboxylic acids is 1. The summed E-state index contributed by atoms with van der Waals surface area (Å²) in [7, 11) is 0. The molecule has 0 fully saturated rings. The normalized spacial score (nSPS) is 10.3. The van der Waals surface area contributed by atoms with Crippen LogP contribution in [-0.4, -0.2) is 38.7 Å². The lowest BCUT2D eigenvalue weighted by atomic mass is 10.4. The molecule has 0 aliphatic heterocycles. The second-order valence-corrected chi connectivity index (χ2v) is 4.24. The molecule has 1 amide bonds. The van der Waals surface area contributed by atoms with Gasteiger partial charge in [-0.3, -0.25) is 4.79 Å². The summed E-state index contributed by atoms with van der Waals surface area (Å²) in [6.45, 7) is 4.83. The molecule has 0 unspecified atom stereocenters. The zero-order valence-electron chi connectivity index (χ0n) is 11.6. The standard InChI is InChI=1S/C13H18N6O/c1-3-13(20)15-7-6-14-11-9-12(18-10(2)17-11)19-8-4-5-16-19/h4-5,8-9H,3,6-7H2,1-2H3,(H,15,20)(H,14,17,18). The lowest BCUT2D eigenvalue weighted by Crippen LogP contribution is -2.28. The fraction of sp³-hybridized carbons (Fsp3) is 0.385. The number of nitrogens with one attached hydrogen (secondary N) is 2. The van der Waals surface area contributed by atoms with Gasteiger partial charge in [0.25, 0.3) is 0 Å². The fourth-order valence-electron chi connectivity index (χ4n) is 1.68. The summed E-state index contributed by atoms with van der Waals surface area (Å²) in [6.07, 6.45) is 4.02. The Labute approximate surface area is 117 Å². The van der Waals surface area contributed by atoms with Gasteiger partial charge in [0.2, 0.25) is 5.91 Å². The van der Waals surface area contributed by atoms with Crippen molar-refractivity contribution in [2.24, 2.45) is 0 Å². The van der Waals surface area contributed by atoms with E-state index >= 15 is 0 Å². The lowest BCUT2D eigenvalue weighted by Gasteiger charge is -2.09. The number of aryl methyl sites for hydroxylation is 1. The summed E-state index contributed by atoms with van der Waals surface area (Å²) in [5.41, 5.74) is 0. The van der Waals surface area contributed by atoms with Crippen LogP contribution in [0.15, 0.2) is 24.5 Å². The predicted octanol–water partition coefficient (Wildman–Crippen LogP) is 0.909. The maximum atomic E-state index is 11.1. The van der Waals surface area contributed by atoms with Gasteiger partial charge in [-0.25, -0.2) is 14.6 Å². The maximum Gasteiger partial charge on any atom is 0.219 e. The smallest absolute Gasteiger partial charge is 0.219 e. The van der Waals surface area contributed by atoms with Crippen molar-refractivity contribution in [1.29, 1.82) is 0 Å². The van der Waals surface area contributed by atoms with Crippen molar-refractivity contribution >= 4 is 11.7 Å². The van der Waals surface area contributed by atoms with Crippen molar-refractivity contribution in [3.05, 3.63) is 30.4 Å². The number of aromatic nitrogens is 4. The number of nitrogens with zero attached hydrogens (tertiary/aromatic N) is 4. The van der Waals surface area contributed by atoms with Gasteiger partial charge in [0.15, 0.2) is 5.82 Å². The number of carbonyl (C=O) groups is 1. The summed E-state index contributed by atoms with van der Waals surface area (Å²) >= 11 is 0. The fourth-order valence-corrected chi connectivity index (χ4v) is 1.68. The van der Waals surface area contributed by atoms with E-state index in [4.69, 9.17) is 0 Å². The first kappa shape index (κ1) is 14.0. The lowest BCUT2D eigenvalue weighted by molar-refractivity contribution is -0.120. The first-order valence-corrected chi connectivity index (χ1v) is 6.55. The van der Waals surface area contributed by atoms with Crippen LogP contribution in [0, 0.1) is 6.92 Å². The van der Waals surface area contributed by atoms with Gasteiger partial charge in [-0.15, -0.1) is 0 Å². The van der Waals surface area contributed by atoms with E-state index in [2.05, 4.69) is 25.7 Å². The molecule has 2 rings (SSSR count). The van der Waals surface area contributed by atoms with Crippen LogP contribution in [0.4, 0.5) is 5.82 Å². The van der Waals surface area contributed by atoms with Gasteiger partial charge in [0.05, 0.1) is 0 Å². The van der Waals surface area contributed by atoms with E-state index in [1.54, 1.807) is 10.9 Å². The Morgan fingerprint density at radius 1 is 1.35 bits per heavy atom. The summed E-state index contributed by atoms with van der Waals surface area (Å²) < 4.78 is 1.68. The average molecular weight is 274 g/mol. The molecule has 0 saturated heterocycles. The Hall–Kier alpha value is -2.44. The highest BCUT2D eigenvalue weighted by Gasteiger charge is 2.04. The summed E-state index contributed by atoms with van der Waals surface area (Å²) in [6, 6.07) is 3.66. The van der Waals surface area contributed by atoms with Gasteiger partial charge in [-0.05, 0) is 13.0 Å². The molecule has 0 saturated carbocycles. The number of hydrogen-bond donors (Lipinski definition) is 2. The van der Waals surface area contributed by atoms with Crippen LogP contribution in [0.2, 0.25) is 0 Å². The second-order valence-electron chi connectivity index (χ2n) is 4.24. The van der Waals surface area contributed by atoms with Gasteiger partial charge >= 0.3 is 0 Å². The Kier molecular flexibility index (Phi) is 4.65. The molecule has 0 aromatic carbocycles. The molecule has 0 spiro atoms. The van der Waals surface area contributed by atoms with Gasteiger partial charge in [0, 0.05) is 38.0 Å². The van der Waals surface area contributed by atoms with Crippen LogP contribution in [0.5, 0.6) is 0 Å². The molecule has 2 N–H and O–H groups in total. The van der Waals surface area contributed by atoms with E-state index in [0.717, 1.165) is 0 Å². The highest BCUT2D eigenvalue weighted by Crippen LogP contribution is 2.09. The summed E-state index contributed by atoms with van der Waals surface area (Å²) in [4.78, 5) is 19.7. The number of rotatable bonds is 6. The number of amides is 1. The van der Waals surface area contributed by atoms with Gasteiger partial charge < -0.3 is 10.6 Å². The topological polar surface area (TPSA) is 84.7 Å². The Balaban J connectivity index is 1.97. The molecular weight excluding hydrogens is 256 g/mol. The van der Waals surface area contributed by atoms with E-state index in [1.165, 1.54) is 0 Å². The molecule has 0 aliphatic rings. The minimum atomic E-state index is 0.0444. The van der Waals surface area contributed by atoms with Crippen LogP contribution in [0.25, 0.3) is 5.82 Å². The first-order valence-electron chi connectivity index (χ1n) is 6.55. The molecule has 2 aromatic rings. The van der Waals surface area contributed by atoms with Crippen molar-refractivity contribution < 1.29 is 4.79 Å². The zero-order valence-corrected chi connectivity index (χ0v) is 11.6. The number of hydrogen-bond acceptors (Lipinski definition) is 5. The first-order chi connectivity index (χ1) is 9.69. The predicted molar refractivity (Wildman–Crippen MR) is 75.7 cm³/mol. The Bertz CT molecular complexity index is 566. The molecule has 7 heteroatoms. The third-order valence-corrected chi connectivity index (χ3v) is 2.64. The summed E-state index contributed by atoms with van der Waals surface area (Å²) in [5.74, 6) is 2.14.